The minimum Gasteiger partial charge on any atom is -0.350 e. The number of aromatic amines is 1. The molecule has 0 fully saturated rings. The van der Waals surface area contributed by atoms with Crippen molar-refractivity contribution in [3.63, 3.8) is 0 Å². The Morgan fingerprint density at radius 1 is 1.26 bits per heavy atom. The van der Waals surface area contributed by atoms with E-state index in [1.807, 2.05) is 12.1 Å². The molecule has 8 heteroatoms. The van der Waals surface area contributed by atoms with Crippen molar-refractivity contribution >= 4 is 17.5 Å². The standard InChI is InChI=1S/C15H12N6O2/c16-5-2-6-18-15(23)13-12(9-19-21-13)20-14(22)11-4-1-3-10(7-11)8-17/h1,3-4,7,9H,2,6H2,(H,18,23)(H,19,21)(H,20,22). The fourth-order valence-corrected chi connectivity index (χ4v) is 1.80. The average molecular weight is 308 g/mol. The van der Waals surface area contributed by atoms with Crippen LogP contribution in [0.15, 0.2) is 30.5 Å². The number of carbonyl (C=O) groups is 2. The van der Waals surface area contributed by atoms with Crippen LogP contribution >= 0.6 is 0 Å². The number of H-pyrrole nitrogens is 1. The fourth-order valence-electron chi connectivity index (χ4n) is 1.80. The Hall–Kier alpha value is -3.65. The van der Waals surface area contributed by atoms with Gasteiger partial charge in [0.05, 0.1) is 29.8 Å². The van der Waals surface area contributed by atoms with Crippen molar-refractivity contribution in [2.45, 2.75) is 6.42 Å². The van der Waals surface area contributed by atoms with Crippen LogP contribution in [0.25, 0.3) is 0 Å². The van der Waals surface area contributed by atoms with E-state index < -0.39 is 11.8 Å². The predicted octanol–water partition coefficient (Wildman–Crippen LogP) is 1.18. The smallest absolute Gasteiger partial charge is 0.273 e. The second-order valence-corrected chi connectivity index (χ2v) is 4.46. The molecule has 1 aromatic carbocycles. The number of amides is 2. The minimum atomic E-state index is -0.498. The Morgan fingerprint density at radius 2 is 2.09 bits per heavy atom. The second-order valence-electron chi connectivity index (χ2n) is 4.46. The number of rotatable bonds is 5. The van der Waals surface area contributed by atoms with Gasteiger partial charge < -0.3 is 10.6 Å². The minimum absolute atomic E-state index is 0.0210. The van der Waals surface area contributed by atoms with Crippen molar-refractivity contribution in [2.24, 2.45) is 0 Å². The summed E-state index contributed by atoms with van der Waals surface area (Å²) in [5.74, 6) is -0.961. The van der Waals surface area contributed by atoms with Crippen LogP contribution in [0.2, 0.25) is 0 Å². The van der Waals surface area contributed by atoms with E-state index in [0.29, 0.717) is 11.1 Å². The number of aromatic nitrogens is 2. The lowest BCUT2D eigenvalue weighted by Crippen LogP contribution is -2.26. The molecule has 2 rings (SSSR count). The molecule has 2 aromatic rings. The Balaban J connectivity index is 2.10. The van der Waals surface area contributed by atoms with E-state index in [2.05, 4.69) is 20.8 Å². The first-order valence-electron chi connectivity index (χ1n) is 6.66. The van der Waals surface area contributed by atoms with Gasteiger partial charge in [0.1, 0.15) is 0 Å². The van der Waals surface area contributed by atoms with Gasteiger partial charge in [-0.2, -0.15) is 15.6 Å². The van der Waals surface area contributed by atoms with Crippen LogP contribution in [-0.2, 0) is 0 Å². The third-order valence-corrected chi connectivity index (χ3v) is 2.88. The van der Waals surface area contributed by atoms with Crippen LogP contribution in [-0.4, -0.2) is 28.6 Å². The van der Waals surface area contributed by atoms with E-state index in [-0.39, 0.29) is 24.3 Å². The van der Waals surface area contributed by atoms with Crippen molar-refractivity contribution < 1.29 is 9.59 Å². The van der Waals surface area contributed by atoms with Gasteiger partial charge in [0.15, 0.2) is 5.69 Å². The summed E-state index contributed by atoms with van der Waals surface area (Å²) in [5.41, 5.74) is 0.889. The number of benzene rings is 1. The molecule has 1 heterocycles. The molecule has 0 radical (unpaired) electrons. The highest BCUT2D eigenvalue weighted by Gasteiger charge is 2.17. The molecular formula is C15H12N6O2. The summed E-state index contributed by atoms with van der Waals surface area (Å²) in [5, 5.41) is 28.7. The van der Waals surface area contributed by atoms with E-state index in [0.717, 1.165) is 0 Å². The van der Waals surface area contributed by atoms with E-state index in [1.165, 1.54) is 12.3 Å². The van der Waals surface area contributed by atoms with Gasteiger partial charge in [0, 0.05) is 18.3 Å². The van der Waals surface area contributed by atoms with Crippen LogP contribution in [0.1, 0.15) is 32.8 Å². The van der Waals surface area contributed by atoms with E-state index in [1.54, 1.807) is 18.2 Å². The largest absolute Gasteiger partial charge is 0.350 e. The zero-order valence-electron chi connectivity index (χ0n) is 12.0. The van der Waals surface area contributed by atoms with Gasteiger partial charge in [-0.05, 0) is 18.2 Å². The van der Waals surface area contributed by atoms with E-state index in [4.69, 9.17) is 10.5 Å². The molecule has 8 nitrogen and oxygen atoms in total. The summed E-state index contributed by atoms with van der Waals surface area (Å²) < 4.78 is 0. The Morgan fingerprint density at radius 3 is 2.83 bits per heavy atom. The number of nitrogens with one attached hydrogen (secondary N) is 3. The topological polar surface area (TPSA) is 134 Å². The van der Waals surface area contributed by atoms with Crippen LogP contribution in [0, 0.1) is 22.7 Å². The van der Waals surface area contributed by atoms with Crippen LogP contribution < -0.4 is 10.6 Å². The molecule has 23 heavy (non-hydrogen) atoms. The fraction of sp³-hybridized carbons (Fsp3) is 0.133. The molecule has 0 unspecified atom stereocenters. The maximum Gasteiger partial charge on any atom is 0.273 e. The van der Waals surface area contributed by atoms with E-state index in [9.17, 15) is 9.59 Å². The quantitative estimate of drug-likeness (QED) is 0.713. The Bertz CT molecular complexity index is 812. The monoisotopic (exact) mass is 308 g/mol. The van der Waals surface area contributed by atoms with Gasteiger partial charge in [0.2, 0.25) is 0 Å². The van der Waals surface area contributed by atoms with Crippen molar-refractivity contribution in [2.75, 3.05) is 11.9 Å². The Kier molecular flexibility index (Phi) is 5.05. The third kappa shape index (κ3) is 3.93. The number of hydrogen-bond donors (Lipinski definition) is 3. The van der Waals surface area contributed by atoms with Crippen molar-refractivity contribution in [3.8, 4) is 12.1 Å². The molecule has 114 valence electrons. The van der Waals surface area contributed by atoms with Crippen LogP contribution in [0.4, 0.5) is 5.69 Å². The highest BCUT2D eigenvalue weighted by atomic mass is 16.2. The first kappa shape index (κ1) is 15.7. The normalized spacial score (nSPS) is 9.48. The molecule has 3 N–H and O–H groups in total. The molecule has 0 bridgehead atoms. The lowest BCUT2D eigenvalue weighted by Gasteiger charge is -2.06. The molecule has 0 aliphatic rings. The molecular weight excluding hydrogens is 296 g/mol. The van der Waals surface area contributed by atoms with Gasteiger partial charge in [-0.15, -0.1) is 0 Å². The number of nitrogens with zero attached hydrogens (tertiary/aromatic N) is 3. The first-order chi connectivity index (χ1) is 11.2. The molecule has 0 spiro atoms. The van der Waals surface area contributed by atoms with Gasteiger partial charge in [-0.1, -0.05) is 6.07 Å². The summed E-state index contributed by atoms with van der Waals surface area (Å²) in [4.78, 5) is 24.1. The lowest BCUT2D eigenvalue weighted by atomic mass is 10.1. The highest BCUT2D eigenvalue weighted by molar-refractivity contribution is 6.08. The van der Waals surface area contributed by atoms with Gasteiger partial charge in [0.25, 0.3) is 11.8 Å². The maximum atomic E-state index is 12.2. The summed E-state index contributed by atoms with van der Waals surface area (Å²) in [6, 6.07) is 10.0. The van der Waals surface area contributed by atoms with Gasteiger partial charge in [-0.3, -0.25) is 14.7 Å². The maximum absolute atomic E-state index is 12.2. The summed E-state index contributed by atoms with van der Waals surface area (Å²) in [6.07, 6.45) is 1.56. The van der Waals surface area contributed by atoms with Crippen molar-refractivity contribution in [1.29, 1.82) is 10.5 Å². The second kappa shape index (κ2) is 7.38. The molecule has 1 aromatic heterocycles. The number of nitriles is 2. The number of hydrogen-bond acceptors (Lipinski definition) is 5. The van der Waals surface area contributed by atoms with Gasteiger partial charge >= 0.3 is 0 Å². The van der Waals surface area contributed by atoms with Crippen molar-refractivity contribution in [1.82, 2.24) is 15.5 Å². The zero-order chi connectivity index (χ0) is 16.7. The molecule has 0 saturated carbocycles. The van der Waals surface area contributed by atoms with Crippen LogP contribution in [0.5, 0.6) is 0 Å². The molecule has 0 saturated heterocycles. The van der Waals surface area contributed by atoms with E-state index >= 15 is 0 Å². The SMILES string of the molecule is N#CCCNC(=O)c1n[nH]cc1NC(=O)c1cccc(C#N)c1. The zero-order valence-corrected chi connectivity index (χ0v) is 12.0. The Labute approximate surface area is 131 Å². The highest BCUT2D eigenvalue weighted by Crippen LogP contribution is 2.14. The third-order valence-electron chi connectivity index (χ3n) is 2.88. The number of carbonyl (C=O) groups excluding carboxylic acids is 2. The molecule has 0 aliphatic heterocycles. The van der Waals surface area contributed by atoms with Crippen molar-refractivity contribution in [3.05, 3.63) is 47.3 Å². The molecule has 0 atom stereocenters. The number of anilines is 1. The summed E-state index contributed by atoms with van der Waals surface area (Å²) in [7, 11) is 0. The van der Waals surface area contributed by atoms with Crippen LogP contribution in [0.3, 0.4) is 0 Å². The summed E-state index contributed by atoms with van der Waals surface area (Å²) >= 11 is 0. The van der Waals surface area contributed by atoms with Gasteiger partial charge in [-0.25, -0.2) is 0 Å². The lowest BCUT2D eigenvalue weighted by molar-refractivity contribution is 0.0950. The summed E-state index contributed by atoms with van der Waals surface area (Å²) in [6.45, 7) is 0.194. The average Bonchev–Trinajstić information content (AvgIpc) is 3.03. The predicted molar refractivity (Wildman–Crippen MR) is 80.3 cm³/mol. The molecule has 2 amide bonds. The molecule has 0 aliphatic carbocycles. The first-order valence-corrected chi connectivity index (χ1v) is 6.66.